The highest BCUT2D eigenvalue weighted by molar-refractivity contribution is 6.36. The van der Waals surface area contributed by atoms with E-state index in [2.05, 4.69) is 15.6 Å². The van der Waals surface area contributed by atoms with Crippen molar-refractivity contribution < 1.29 is 9.53 Å². The first-order valence-corrected chi connectivity index (χ1v) is 6.60. The number of nitrogens with one attached hydrogen (secondary N) is 3. The minimum absolute atomic E-state index is 0.0281. The van der Waals surface area contributed by atoms with Gasteiger partial charge < -0.3 is 26.1 Å². The Bertz CT molecular complexity index is 475. The van der Waals surface area contributed by atoms with Crippen molar-refractivity contribution in [3.63, 3.8) is 0 Å². The van der Waals surface area contributed by atoms with Gasteiger partial charge in [-0.15, -0.1) is 0 Å². The van der Waals surface area contributed by atoms with E-state index in [0.717, 1.165) is 19.5 Å². The number of H-pyrrole nitrogens is 1. The van der Waals surface area contributed by atoms with Crippen molar-refractivity contribution in [3.8, 4) is 0 Å². The second kappa shape index (κ2) is 5.81. The zero-order valence-electron chi connectivity index (χ0n) is 11.0. The van der Waals surface area contributed by atoms with Crippen molar-refractivity contribution in [1.29, 1.82) is 0 Å². The molecule has 0 spiro atoms. The molecular weight excluding hydrogens is 268 g/mol. The molecule has 2 heterocycles. The van der Waals surface area contributed by atoms with Crippen LogP contribution in [0.25, 0.3) is 0 Å². The second-order valence-corrected chi connectivity index (χ2v) is 5.08. The zero-order valence-corrected chi connectivity index (χ0v) is 11.8. The second-order valence-electron chi connectivity index (χ2n) is 4.70. The van der Waals surface area contributed by atoms with Crippen LogP contribution in [0.2, 0.25) is 5.02 Å². The number of amides is 1. The number of nitrogen functional groups attached to an aromatic ring is 1. The summed E-state index contributed by atoms with van der Waals surface area (Å²) in [6, 6.07) is -0.0281. The van der Waals surface area contributed by atoms with Gasteiger partial charge in [0.25, 0.3) is 5.91 Å². The summed E-state index contributed by atoms with van der Waals surface area (Å²) >= 11 is 6.04. The fraction of sp³-hybridized carbons (Fsp3) is 0.583. The molecule has 2 rings (SSSR count). The van der Waals surface area contributed by atoms with Gasteiger partial charge in [-0.3, -0.25) is 4.79 Å². The number of hydrogen-bond acceptors (Lipinski definition) is 4. The number of halogens is 1. The Morgan fingerprint density at radius 3 is 2.89 bits per heavy atom. The van der Waals surface area contributed by atoms with Gasteiger partial charge in [-0.1, -0.05) is 11.6 Å². The van der Waals surface area contributed by atoms with Crippen LogP contribution in [0.15, 0.2) is 0 Å². The van der Waals surface area contributed by atoms with Gasteiger partial charge in [0.15, 0.2) is 0 Å². The minimum Gasteiger partial charge on any atom is -0.396 e. The molecule has 1 fully saturated rings. The number of aryl methyl sites for hydroxylation is 1. The Morgan fingerprint density at radius 1 is 1.58 bits per heavy atom. The Balaban J connectivity index is 2.09. The molecule has 19 heavy (non-hydrogen) atoms. The molecule has 5 N–H and O–H groups in total. The van der Waals surface area contributed by atoms with Crippen molar-refractivity contribution >= 4 is 23.2 Å². The molecule has 1 aromatic rings. The highest BCUT2D eigenvalue weighted by Gasteiger charge is 2.28. The lowest BCUT2D eigenvalue weighted by atomic mass is 10.0. The first-order chi connectivity index (χ1) is 9.04. The standard InChI is InChI=1S/C12H19ClN4O2/c1-6-10(14)9(13)11(16-6)12(18)17-7-3-4-15-5-8(7)19-2/h7-8,15-16H,3-5,14H2,1-2H3,(H,17,18)/t7-,8+/m1/s1. The predicted octanol–water partition coefficient (Wildman–Crippen LogP) is 0.665. The van der Waals surface area contributed by atoms with Crippen LogP contribution in [0, 0.1) is 6.92 Å². The summed E-state index contributed by atoms with van der Waals surface area (Å²) in [5, 5.41) is 6.44. The summed E-state index contributed by atoms with van der Waals surface area (Å²) in [4.78, 5) is 15.1. The molecule has 0 saturated carbocycles. The molecule has 1 amide bonds. The molecule has 0 radical (unpaired) electrons. The SMILES string of the molecule is CO[C@H]1CNCC[C@H]1NC(=O)c1[nH]c(C)c(N)c1Cl. The highest BCUT2D eigenvalue weighted by atomic mass is 35.5. The average Bonchev–Trinajstić information content (AvgIpc) is 2.67. The zero-order chi connectivity index (χ0) is 14.0. The van der Waals surface area contributed by atoms with E-state index in [1.165, 1.54) is 0 Å². The normalized spacial score (nSPS) is 23.3. The van der Waals surface area contributed by atoms with Crippen LogP contribution < -0.4 is 16.4 Å². The van der Waals surface area contributed by atoms with Crippen LogP contribution >= 0.6 is 11.6 Å². The van der Waals surface area contributed by atoms with E-state index in [-0.39, 0.29) is 23.1 Å². The topological polar surface area (TPSA) is 92.2 Å². The van der Waals surface area contributed by atoms with E-state index in [4.69, 9.17) is 22.1 Å². The van der Waals surface area contributed by atoms with E-state index in [1.807, 2.05) is 0 Å². The van der Waals surface area contributed by atoms with E-state index >= 15 is 0 Å². The number of carbonyl (C=O) groups excluding carboxylic acids is 1. The quantitative estimate of drug-likeness (QED) is 0.657. The third-order valence-electron chi connectivity index (χ3n) is 3.45. The molecule has 0 unspecified atom stereocenters. The van der Waals surface area contributed by atoms with Crippen molar-refractivity contribution in [3.05, 3.63) is 16.4 Å². The van der Waals surface area contributed by atoms with Crippen molar-refractivity contribution in [2.24, 2.45) is 0 Å². The van der Waals surface area contributed by atoms with Crippen molar-refractivity contribution in [2.45, 2.75) is 25.5 Å². The van der Waals surface area contributed by atoms with Crippen molar-refractivity contribution in [2.75, 3.05) is 25.9 Å². The third kappa shape index (κ3) is 2.86. The van der Waals surface area contributed by atoms with E-state index in [0.29, 0.717) is 17.1 Å². The van der Waals surface area contributed by atoms with Gasteiger partial charge in [-0.2, -0.15) is 0 Å². The number of ether oxygens (including phenoxy) is 1. The molecule has 0 aliphatic carbocycles. The molecule has 0 bridgehead atoms. The van der Waals surface area contributed by atoms with Crippen LogP contribution in [0.1, 0.15) is 22.6 Å². The Labute approximate surface area is 117 Å². The third-order valence-corrected chi connectivity index (χ3v) is 3.84. The van der Waals surface area contributed by atoms with Gasteiger partial charge in [0, 0.05) is 19.3 Å². The summed E-state index contributed by atoms with van der Waals surface area (Å²) in [7, 11) is 1.64. The molecule has 1 aliphatic rings. The monoisotopic (exact) mass is 286 g/mol. The van der Waals surface area contributed by atoms with Crippen LogP contribution in [0.5, 0.6) is 0 Å². The number of hydrogen-bond donors (Lipinski definition) is 4. The lowest BCUT2D eigenvalue weighted by Gasteiger charge is -2.31. The Hall–Kier alpha value is -1.24. The summed E-state index contributed by atoms with van der Waals surface area (Å²) < 4.78 is 5.35. The lowest BCUT2D eigenvalue weighted by molar-refractivity contribution is 0.0475. The van der Waals surface area contributed by atoms with Gasteiger partial charge in [-0.25, -0.2) is 0 Å². The molecule has 106 valence electrons. The number of rotatable bonds is 3. The first-order valence-electron chi connectivity index (χ1n) is 6.22. The Morgan fingerprint density at radius 2 is 2.32 bits per heavy atom. The van der Waals surface area contributed by atoms with Gasteiger partial charge in [0.2, 0.25) is 0 Å². The molecule has 1 saturated heterocycles. The maximum Gasteiger partial charge on any atom is 0.269 e. The molecular formula is C12H19ClN4O2. The first kappa shape index (κ1) is 14.2. The van der Waals surface area contributed by atoms with Crippen LogP contribution in [0.3, 0.4) is 0 Å². The van der Waals surface area contributed by atoms with Gasteiger partial charge in [-0.05, 0) is 19.9 Å². The Kier molecular flexibility index (Phi) is 4.34. The van der Waals surface area contributed by atoms with E-state index in [9.17, 15) is 4.79 Å². The number of anilines is 1. The summed E-state index contributed by atoms with van der Waals surface area (Å²) in [5.41, 5.74) is 7.17. The average molecular weight is 287 g/mol. The maximum atomic E-state index is 12.2. The molecule has 6 nitrogen and oxygen atoms in total. The molecule has 0 aromatic carbocycles. The highest BCUT2D eigenvalue weighted by Crippen LogP contribution is 2.26. The van der Waals surface area contributed by atoms with Crippen LogP contribution in [-0.2, 0) is 4.74 Å². The summed E-state index contributed by atoms with van der Waals surface area (Å²) in [5.74, 6) is -0.251. The smallest absolute Gasteiger partial charge is 0.269 e. The number of methoxy groups -OCH3 is 1. The van der Waals surface area contributed by atoms with Crippen LogP contribution in [0.4, 0.5) is 5.69 Å². The van der Waals surface area contributed by atoms with Gasteiger partial charge >= 0.3 is 0 Å². The number of aromatic nitrogens is 1. The van der Waals surface area contributed by atoms with Gasteiger partial charge in [0.1, 0.15) is 5.69 Å². The lowest BCUT2D eigenvalue weighted by Crippen LogP contribution is -2.53. The number of nitrogens with two attached hydrogens (primary N) is 1. The molecule has 7 heteroatoms. The fourth-order valence-corrected chi connectivity index (χ4v) is 2.52. The predicted molar refractivity (Wildman–Crippen MR) is 74.5 cm³/mol. The maximum absolute atomic E-state index is 12.2. The van der Waals surface area contributed by atoms with E-state index in [1.54, 1.807) is 14.0 Å². The van der Waals surface area contributed by atoms with Crippen LogP contribution in [-0.4, -0.2) is 43.2 Å². The number of carbonyl (C=O) groups is 1. The largest absolute Gasteiger partial charge is 0.396 e. The minimum atomic E-state index is -0.251. The summed E-state index contributed by atoms with van der Waals surface area (Å²) in [6.07, 6.45) is 0.779. The van der Waals surface area contributed by atoms with Crippen molar-refractivity contribution in [1.82, 2.24) is 15.6 Å². The fourth-order valence-electron chi connectivity index (χ4n) is 2.25. The molecule has 2 atom stereocenters. The number of aromatic amines is 1. The van der Waals surface area contributed by atoms with E-state index < -0.39 is 0 Å². The summed E-state index contributed by atoms with van der Waals surface area (Å²) in [6.45, 7) is 3.35. The molecule has 1 aromatic heterocycles. The van der Waals surface area contributed by atoms with Gasteiger partial charge in [0.05, 0.1) is 22.9 Å². The number of piperidine rings is 1. The molecule has 1 aliphatic heterocycles.